The molecule has 0 heterocycles. The van der Waals surface area contributed by atoms with Crippen molar-refractivity contribution in [3.05, 3.63) is 23.8 Å². The minimum absolute atomic E-state index is 0.565. The van der Waals surface area contributed by atoms with Crippen LogP contribution in [0.3, 0.4) is 0 Å². The van der Waals surface area contributed by atoms with Gasteiger partial charge in [0.05, 0.1) is 25.3 Å². The molecule has 0 aliphatic heterocycles. The van der Waals surface area contributed by atoms with Crippen LogP contribution in [-0.2, 0) is 0 Å². The highest BCUT2D eigenvalue weighted by Gasteiger charge is 2.09. The first-order valence-corrected chi connectivity index (χ1v) is 5.96. The lowest BCUT2D eigenvalue weighted by Gasteiger charge is -2.15. The van der Waals surface area contributed by atoms with Gasteiger partial charge in [-0.05, 0) is 18.1 Å². The normalized spacial score (nSPS) is 10.1. The van der Waals surface area contributed by atoms with Crippen LogP contribution in [0, 0.1) is 17.2 Å². The van der Waals surface area contributed by atoms with Crippen molar-refractivity contribution in [3.63, 3.8) is 0 Å². The molecular weight excluding hydrogens is 214 g/mol. The Morgan fingerprint density at radius 3 is 2.47 bits per heavy atom. The summed E-state index contributed by atoms with van der Waals surface area (Å²) in [4.78, 5) is 0. The number of benzene rings is 1. The predicted molar refractivity (Wildman–Crippen MR) is 67.3 cm³/mol. The molecule has 1 aromatic carbocycles. The quantitative estimate of drug-likeness (QED) is 0.756. The number of ether oxygens (including phenoxy) is 2. The lowest BCUT2D eigenvalue weighted by Crippen LogP contribution is -2.10. The third-order valence-electron chi connectivity index (χ3n) is 2.92. The summed E-state index contributed by atoms with van der Waals surface area (Å²) in [6, 6.07) is 7.31. The minimum atomic E-state index is 0.565. The zero-order valence-corrected chi connectivity index (χ0v) is 10.7. The number of nitriles is 1. The summed E-state index contributed by atoms with van der Waals surface area (Å²) >= 11 is 0. The van der Waals surface area contributed by atoms with Crippen LogP contribution >= 0.6 is 0 Å². The number of hydrogen-bond acceptors (Lipinski definition) is 3. The van der Waals surface area contributed by atoms with E-state index >= 15 is 0 Å². The van der Waals surface area contributed by atoms with Crippen molar-refractivity contribution >= 4 is 0 Å². The van der Waals surface area contributed by atoms with Gasteiger partial charge in [0, 0.05) is 6.07 Å². The molecule has 0 fully saturated rings. The third kappa shape index (κ3) is 3.67. The first-order chi connectivity index (χ1) is 8.24. The van der Waals surface area contributed by atoms with E-state index in [1.165, 1.54) is 0 Å². The van der Waals surface area contributed by atoms with Crippen molar-refractivity contribution in [2.45, 2.75) is 26.7 Å². The lowest BCUT2D eigenvalue weighted by atomic mass is 10.1. The summed E-state index contributed by atoms with van der Waals surface area (Å²) in [6.45, 7) is 5.01. The molecule has 0 saturated carbocycles. The van der Waals surface area contributed by atoms with E-state index in [0.717, 1.165) is 12.8 Å². The molecule has 3 nitrogen and oxygen atoms in total. The minimum Gasteiger partial charge on any atom is -0.493 e. The van der Waals surface area contributed by atoms with Gasteiger partial charge in [0.2, 0.25) is 0 Å². The summed E-state index contributed by atoms with van der Waals surface area (Å²) in [5, 5.41) is 8.80. The SMILES string of the molecule is CCC(CC)COc1ccc(C#N)cc1OC. The molecule has 0 N–H and O–H groups in total. The number of hydrogen-bond donors (Lipinski definition) is 0. The van der Waals surface area contributed by atoms with Gasteiger partial charge in [-0.1, -0.05) is 26.7 Å². The summed E-state index contributed by atoms with van der Waals surface area (Å²) in [6.07, 6.45) is 2.21. The molecule has 1 rings (SSSR count). The Hall–Kier alpha value is -1.69. The smallest absolute Gasteiger partial charge is 0.162 e. The molecule has 0 aliphatic rings. The fourth-order valence-electron chi connectivity index (χ4n) is 1.59. The van der Waals surface area contributed by atoms with E-state index in [0.29, 0.717) is 29.6 Å². The molecule has 0 unspecified atom stereocenters. The molecule has 92 valence electrons. The van der Waals surface area contributed by atoms with E-state index in [2.05, 4.69) is 19.9 Å². The maximum atomic E-state index is 8.80. The Balaban J connectivity index is 2.74. The van der Waals surface area contributed by atoms with E-state index in [1.54, 1.807) is 25.3 Å². The summed E-state index contributed by atoms with van der Waals surface area (Å²) in [5.74, 6) is 1.89. The van der Waals surface area contributed by atoms with E-state index in [1.807, 2.05) is 0 Å². The lowest BCUT2D eigenvalue weighted by molar-refractivity contribution is 0.230. The monoisotopic (exact) mass is 233 g/mol. The number of rotatable bonds is 6. The molecule has 17 heavy (non-hydrogen) atoms. The van der Waals surface area contributed by atoms with Crippen molar-refractivity contribution in [2.24, 2.45) is 5.92 Å². The Labute approximate surface area is 103 Å². The summed E-state index contributed by atoms with van der Waals surface area (Å²) in [5.41, 5.74) is 0.580. The van der Waals surface area contributed by atoms with Gasteiger partial charge in [-0.3, -0.25) is 0 Å². The van der Waals surface area contributed by atoms with Crippen LogP contribution in [0.1, 0.15) is 32.3 Å². The average molecular weight is 233 g/mol. The van der Waals surface area contributed by atoms with Gasteiger partial charge in [-0.2, -0.15) is 5.26 Å². The topological polar surface area (TPSA) is 42.2 Å². The molecule has 3 heteroatoms. The summed E-state index contributed by atoms with van der Waals surface area (Å²) < 4.78 is 10.9. The second kappa shape index (κ2) is 6.80. The maximum absolute atomic E-state index is 8.80. The van der Waals surface area contributed by atoms with Crippen LogP contribution in [0.2, 0.25) is 0 Å². The van der Waals surface area contributed by atoms with E-state index < -0.39 is 0 Å². The Kier molecular flexibility index (Phi) is 5.35. The first kappa shape index (κ1) is 13.4. The highest BCUT2D eigenvalue weighted by Crippen LogP contribution is 2.28. The molecule has 0 atom stereocenters. The molecular formula is C14H19NO2. The molecule has 0 saturated heterocycles. The zero-order chi connectivity index (χ0) is 12.7. The summed E-state index contributed by atoms with van der Waals surface area (Å²) in [7, 11) is 1.58. The predicted octanol–water partition coefficient (Wildman–Crippen LogP) is 3.38. The van der Waals surface area contributed by atoms with Crippen LogP contribution in [0.25, 0.3) is 0 Å². The van der Waals surface area contributed by atoms with Crippen LogP contribution < -0.4 is 9.47 Å². The Morgan fingerprint density at radius 1 is 1.24 bits per heavy atom. The van der Waals surface area contributed by atoms with Crippen LogP contribution in [0.5, 0.6) is 11.5 Å². The molecule has 0 radical (unpaired) electrons. The van der Waals surface area contributed by atoms with Crippen LogP contribution in [-0.4, -0.2) is 13.7 Å². The molecule has 1 aromatic rings. The van der Waals surface area contributed by atoms with Gasteiger partial charge >= 0.3 is 0 Å². The fraction of sp³-hybridized carbons (Fsp3) is 0.500. The third-order valence-corrected chi connectivity index (χ3v) is 2.92. The number of nitrogens with zero attached hydrogens (tertiary/aromatic N) is 1. The zero-order valence-electron chi connectivity index (χ0n) is 10.7. The molecule has 0 spiro atoms. The highest BCUT2D eigenvalue weighted by atomic mass is 16.5. The standard InChI is InChI=1S/C14H19NO2/c1-4-11(5-2)10-17-13-7-6-12(9-15)8-14(13)16-3/h6-8,11H,4-5,10H2,1-3H3. The maximum Gasteiger partial charge on any atom is 0.162 e. The van der Waals surface area contributed by atoms with E-state index in [-0.39, 0.29) is 0 Å². The highest BCUT2D eigenvalue weighted by molar-refractivity contribution is 5.46. The van der Waals surface area contributed by atoms with Gasteiger partial charge in [0.25, 0.3) is 0 Å². The van der Waals surface area contributed by atoms with Gasteiger partial charge in [-0.25, -0.2) is 0 Å². The van der Waals surface area contributed by atoms with Gasteiger partial charge < -0.3 is 9.47 Å². The van der Waals surface area contributed by atoms with Crippen molar-refractivity contribution in [2.75, 3.05) is 13.7 Å². The van der Waals surface area contributed by atoms with Gasteiger partial charge in [0.15, 0.2) is 11.5 Å². The second-order valence-electron chi connectivity index (χ2n) is 3.97. The van der Waals surface area contributed by atoms with Crippen molar-refractivity contribution in [1.29, 1.82) is 5.26 Å². The number of methoxy groups -OCH3 is 1. The largest absolute Gasteiger partial charge is 0.493 e. The first-order valence-electron chi connectivity index (χ1n) is 5.96. The van der Waals surface area contributed by atoms with Crippen LogP contribution in [0.4, 0.5) is 0 Å². The van der Waals surface area contributed by atoms with Crippen molar-refractivity contribution in [1.82, 2.24) is 0 Å². The average Bonchev–Trinajstić information content (AvgIpc) is 2.39. The molecule has 0 aromatic heterocycles. The molecule has 0 aliphatic carbocycles. The molecule has 0 amide bonds. The Morgan fingerprint density at radius 2 is 1.94 bits per heavy atom. The van der Waals surface area contributed by atoms with Crippen molar-refractivity contribution in [3.8, 4) is 17.6 Å². The van der Waals surface area contributed by atoms with Crippen LogP contribution in [0.15, 0.2) is 18.2 Å². The Bertz CT molecular complexity index is 392. The molecule has 0 bridgehead atoms. The van der Waals surface area contributed by atoms with E-state index in [9.17, 15) is 0 Å². The second-order valence-corrected chi connectivity index (χ2v) is 3.97. The fourth-order valence-corrected chi connectivity index (χ4v) is 1.59. The van der Waals surface area contributed by atoms with Crippen molar-refractivity contribution < 1.29 is 9.47 Å². The van der Waals surface area contributed by atoms with E-state index in [4.69, 9.17) is 14.7 Å². The van der Waals surface area contributed by atoms with Gasteiger partial charge in [-0.15, -0.1) is 0 Å². The van der Waals surface area contributed by atoms with Gasteiger partial charge in [0.1, 0.15) is 0 Å².